The van der Waals surface area contributed by atoms with E-state index in [1.165, 1.54) is 12.8 Å². The van der Waals surface area contributed by atoms with Crippen LogP contribution in [0.4, 0.5) is 5.69 Å². The average Bonchev–Trinajstić information content (AvgIpc) is 2.99. The van der Waals surface area contributed by atoms with Gasteiger partial charge in [0, 0.05) is 22.6 Å². The predicted octanol–water partition coefficient (Wildman–Crippen LogP) is 4.06. The fourth-order valence-electron chi connectivity index (χ4n) is 2.33. The highest BCUT2D eigenvalue weighted by Crippen LogP contribution is 2.45. The molecule has 1 saturated carbocycles. The highest BCUT2D eigenvalue weighted by Gasteiger charge is 2.30. The summed E-state index contributed by atoms with van der Waals surface area (Å²) < 4.78 is 5.39. The molecule has 1 fully saturated rings. The quantitative estimate of drug-likeness (QED) is 0.818. The minimum absolute atomic E-state index is 0.279. The normalized spacial score (nSPS) is 16.0. The summed E-state index contributed by atoms with van der Waals surface area (Å²) in [6.07, 6.45) is 2.37. The minimum atomic E-state index is 0.279. The largest absolute Gasteiger partial charge is 0.398 e. The van der Waals surface area contributed by atoms with E-state index in [2.05, 4.69) is 19.0 Å². The molecule has 0 atom stereocenters. The predicted molar refractivity (Wildman–Crippen MR) is 69.5 cm³/mol. The molecule has 2 aromatic rings. The lowest BCUT2D eigenvalue weighted by Gasteiger charge is -2.11. The fraction of sp³-hybridized carbons (Fsp3) is 0.462. The van der Waals surface area contributed by atoms with Gasteiger partial charge in [-0.2, -0.15) is 0 Å². The summed E-state index contributed by atoms with van der Waals surface area (Å²) in [6, 6.07) is 1.96. The average molecular weight is 251 g/mol. The summed E-state index contributed by atoms with van der Waals surface area (Å²) in [4.78, 5) is 0. The summed E-state index contributed by atoms with van der Waals surface area (Å²) >= 11 is 6.37. The lowest BCUT2D eigenvalue weighted by molar-refractivity contribution is 0.446. The summed E-state index contributed by atoms with van der Waals surface area (Å²) in [5.74, 6) is 0.818. The molecular weight excluding hydrogens is 236 g/mol. The SMILES string of the molecule is CC(C)c1c(N)cc2c(C3CC3)noc2c1Cl. The molecule has 1 aliphatic carbocycles. The van der Waals surface area contributed by atoms with E-state index in [-0.39, 0.29) is 5.92 Å². The number of aromatic nitrogens is 1. The van der Waals surface area contributed by atoms with Crippen LogP contribution in [0, 0.1) is 0 Å². The molecule has 0 unspecified atom stereocenters. The van der Waals surface area contributed by atoms with Gasteiger partial charge in [0.15, 0.2) is 5.58 Å². The van der Waals surface area contributed by atoms with Crippen molar-refractivity contribution in [1.82, 2.24) is 5.16 Å². The van der Waals surface area contributed by atoms with Gasteiger partial charge in [-0.1, -0.05) is 30.6 Å². The third kappa shape index (κ3) is 1.61. The zero-order chi connectivity index (χ0) is 12.2. The van der Waals surface area contributed by atoms with Gasteiger partial charge in [-0.25, -0.2) is 0 Å². The van der Waals surface area contributed by atoms with Gasteiger partial charge in [-0.3, -0.25) is 0 Å². The number of rotatable bonds is 2. The number of benzene rings is 1. The molecule has 1 aromatic carbocycles. The van der Waals surface area contributed by atoms with Crippen LogP contribution in [-0.4, -0.2) is 5.16 Å². The molecule has 4 heteroatoms. The zero-order valence-electron chi connectivity index (χ0n) is 9.96. The van der Waals surface area contributed by atoms with Crippen LogP contribution in [0.3, 0.4) is 0 Å². The van der Waals surface area contributed by atoms with Crippen LogP contribution in [-0.2, 0) is 0 Å². The first-order valence-corrected chi connectivity index (χ1v) is 6.34. The summed E-state index contributed by atoms with van der Waals surface area (Å²) in [5.41, 5.74) is 9.48. The molecule has 0 radical (unpaired) electrons. The highest BCUT2D eigenvalue weighted by molar-refractivity contribution is 6.36. The molecule has 1 aromatic heterocycles. The van der Waals surface area contributed by atoms with E-state index in [1.54, 1.807) is 0 Å². The van der Waals surface area contributed by atoms with E-state index >= 15 is 0 Å². The smallest absolute Gasteiger partial charge is 0.186 e. The van der Waals surface area contributed by atoms with Crippen molar-refractivity contribution in [3.8, 4) is 0 Å². The summed E-state index contributed by atoms with van der Waals surface area (Å²) in [5, 5.41) is 5.75. The van der Waals surface area contributed by atoms with E-state index in [4.69, 9.17) is 21.9 Å². The maximum atomic E-state index is 6.37. The van der Waals surface area contributed by atoms with Crippen molar-refractivity contribution in [2.45, 2.75) is 38.5 Å². The fourth-order valence-corrected chi connectivity index (χ4v) is 2.79. The van der Waals surface area contributed by atoms with Crippen LogP contribution in [0.5, 0.6) is 0 Å². The van der Waals surface area contributed by atoms with Gasteiger partial charge in [0.2, 0.25) is 0 Å². The molecule has 90 valence electrons. The van der Waals surface area contributed by atoms with Crippen molar-refractivity contribution in [3.63, 3.8) is 0 Å². The Hall–Kier alpha value is -1.22. The zero-order valence-corrected chi connectivity index (χ0v) is 10.7. The lowest BCUT2D eigenvalue weighted by Crippen LogP contribution is -1.98. The molecule has 0 aliphatic heterocycles. The van der Waals surface area contributed by atoms with Crippen molar-refractivity contribution in [3.05, 3.63) is 22.3 Å². The summed E-state index contributed by atoms with van der Waals surface area (Å²) in [6.45, 7) is 4.14. The van der Waals surface area contributed by atoms with Gasteiger partial charge in [0.1, 0.15) is 0 Å². The van der Waals surface area contributed by atoms with Crippen LogP contribution in [0.1, 0.15) is 49.8 Å². The van der Waals surface area contributed by atoms with Crippen molar-refractivity contribution in [2.75, 3.05) is 5.73 Å². The first-order chi connectivity index (χ1) is 8.09. The Morgan fingerprint density at radius 3 is 2.76 bits per heavy atom. The first-order valence-electron chi connectivity index (χ1n) is 5.96. The molecule has 1 heterocycles. The number of hydrogen-bond acceptors (Lipinski definition) is 3. The Bertz CT molecular complexity index is 585. The molecule has 2 N–H and O–H groups in total. The number of hydrogen-bond donors (Lipinski definition) is 1. The van der Waals surface area contributed by atoms with Crippen molar-refractivity contribution in [1.29, 1.82) is 0 Å². The Morgan fingerprint density at radius 1 is 1.47 bits per heavy atom. The molecular formula is C13H15ClN2O. The molecule has 1 aliphatic rings. The number of nitrogen functional groups attached to an aromatic ring is 1. The maximum Gasteiger partial charge on any atom is 0.186 e. The number of halogens is 1. The van der Waals surface area contributed by atoms with Crippen LogP contribution in [0.25, 0.3) is 11.0 Å². The monoisotopic (exact) mass is 250 g/mol. The van der Waals surface area contributed by atoms with Gasteiger partial charge >= 0.3 is 0 Å². The van der Waals surface area contributed by atoms with E-state index in [0.717, 1.165) is 22.3 Å². The van der Waals surface area contributed by atoms with E-state index in [0.29, 0.717) is 16.5 Å². The maximum absolute atomic E-state index is 6.37. The molecule has 3 nitrogen and oxygen atoms in total. The van der Waals surface area contributed by atoms with Crippen molar-refractivity contribution < 1.29 is 4.52 Å². The second-order valence-corrected chi connectivity index (χ2v) is 5.44. The van der Waals surface area contributed by atoms with Gasteiger partial charge in [-0.15, -0.1) is 0 Å². The molecule has 3 rings (SSSR count). The molecule has 0 spiro atoms. The van der Waals surface area contributed by atoms with Crippen molar-refractivity contribution >= 4 is 28.3 Å². The number of fused-ring (bicyclic) bond motifs is 1. The van der Waals surface area contributed by atoms with Gasteiger partial charge in [0.25, 0.3) is 0 Å². The third-order valence-electron chi connectivity index (χ3n) is 3.34. The number of nitrogens with two attached hydrogens (primary N) is 1. The van der Waals surface area contributed by atoms with Crippen LogP contribution < -0.4 is 5.73 Å². The van der Waals surface area contributed by atoms with Crippen LogP contribution in [0.2, 0.25) is 5.02 Å². The third-order valence-corrected chi connectivity index (χ3v) is 3.72. The van der Waals surface area contributed by atoms with E-state index in [1.807, 2.05) is 6.07 Å². The first kappa shape index (κ1) is 10.9. The second kappa shape index (κ2) is 3.64. The van der Waals surface area contributed by atoms with E-state index < -0.39 is 0 Å². The molecule has 0 amide bonds. The topological polar surface area (TPSA) is 52.0 Å². The molecule has 0 bridgehead atoms. The van der Waals surface area contributed by atoms with E-state index in [9.17, 15) is 0 Å². The highest BCUT2D eigenvalue weighted by atomic mass is 35.5. The van der Waals surface area contributed by atoms with Crippen LogP contribution >= 0.6 is 11.6 Å². The van der Waals surface area contributed by atoms with Gasteiger partial charge in [-0.05, 0) is 24.8 Å². The minimum Gasteiger partial charge on any atom is -0.398 e. The van der Waals surface area contributed by atoms with Crippen LogP contribution in [0.15, 0.2) is 10.6 Å². The standard InChI is InChI=1S/C13H15ClN2O/c1-6(2)10-9(15)5-8-12(7-3-4-7)16-17-13(8)11(10)14/h5-7H,3-4,15H2,1-2H3. The molecule has 17 heavy (non-hydrogen) atoms. The van der Waals surface area contributed by atoms with Gasteiger partial charge in [0.05, 0.1) is 10.7 Å². The Labute approximate surface area is 105 Å². The number of anilines is 1. The molecule has 0 saturated heterocycles. The van der Waals surface area contributed by atoms with Crippen molar-refractivity contribution in [2.24, 2.45) is 0 Å². The Morgan fingerprint density at radius 2 is 2.18 bits per heavy atom. The second-order valence-electron chi connectivity index (χ2n) is 5.07. The lowest BCUT2D eigenvalue weighted by atomic mass is 9.98. The Balaban J connectivity index is 2.28. The Kier molecular flexibility index (Phi) is 2.33. The van der Waals surface area contributed by atoms with Gasteiger partial charge < -0.3 is 10.3 Å². The number of nitrogens with zero attached hydrogens (tertiary/aromatic N) is 1. The summed E-state index contributed by atoms with van der Waals surface area (Å²) in [7, 11) is 0.